The Morgan fingerprint density at radius 2 is 1.92 bits per heavy atom. The summed E-state index contributed by atoms with van der Waals surface area (Å²) in [6.45, 7) is 7.66. The number of allylic oxidation sites excluding steroid dienone is 1. The molecule has 0 heteroatoms. The largest absolute Gasteiger partial charge is 0.103 e. The Kier molecular flexibility index (Phi) is 3.59. The first-order chi connectivity index (χ1) is 5.83. The second kappa shape index (κ2) is 4.76. The van der Waals surface area contributed by atoms with E-state index in [1.165, 1.54) is 5.56 Å². The third-order valence-electron chi connectivity index (χ3n) is 1.98. The van der Waals surface area contributed by atoms with Gasteiger partial charge in [0.1, 0.15) is 0 Å². The molecule has 0 aliphatic rings. The molecule has 1 aromatic rings. The number of aryl methyl sites for hydroxylation is 1. The average molecular weight is 159 g/mol. The zero-order valence-electron chi connectivity index (χ0n) is 7.37. The summed E-state index contributed by atoms with van der Waals surface area (Å²) in [5, 5.41) is 0. The van der Waals surface area contributed by atoms with E-state index in [9.17, 15) is 0 Å². The van der Waals surface area contributed by atoms with E-state index in [4.69, 9.17) is 0 Å². The van der Waals surface area contributed by atoms with Gasteiger partial charge in [0.05, 0.1) is 0 Å². The lowest BCUT2D eigenvalue weighted by Gasteiger charge is -2.04. The van der Waals surface area contributed by atoms with Crippen molar-refractivity contribution in [2.75, 3.05) is 0 Å². The van der Waals surface area contributed by atoms with E-state index in [0.717, 1.165) is 12.8 Å². The van der Waals surface area contributed by atoms with Crippen molar-refractivity contribution in [3.8, 4) is 0 Å². The minimum Gasteiger partial charge on any atom is -0.103 e. The highest BCUT2D eigenvalue weighted by molar-refractivity contribution is 5.14. The summed E-state index contributed by atoms with van der Waals surface area (Å²) in [6, 6.07) is 10.5. The fourth-order valence-electron chi connectivity index (χ4n) is 1.11. The highest BCUT2D eigenvalue weighted by Gasteiger charge is 1.96. The number of benzene rings is 1. The van der Waals surface area contributed by atoms with Crippen LogP contribution in [0.3, 0.4) is 0 Å². The molecule has 0 saturated carbocycles. The second-order valence-electron chi connectivity index (χ2n) is 3.02. The molecule has 0 unspecified atom stereocenters. The first-order valence-electron chi connectivity index (χ1n) is 4.32. The molecule has 0 spiro atoms. The molecule has 1 radical (unpaired) electrons. The molecule has 0 amide bonds. The van der Waals surface area contributed by atoms with Gasteiger partial charge < -0.3 is 0 Å². The summed E-state index contributed by atoms with van der Waals surface area (Å²) in [7, 11) is 0. The Hall–Kier alpha value is -1.04. The predicted molar refractivity (Wildman–Crippen MR) is 53.8 cm³/mol. The Bertz CT molecular complexity index is 223. The fraction of sp³-hybridized carbons (Fsp3) is 0.250. The molecule has 1 rings (SSSR count). The summed E-state index contributed by atoms with van der Waals surface area (Å²) in [6.07, 6.45) is 4.09. The van der Waals surface area contributed by atoms with Crippen LogP contribution in [-0.2, 0) is 6.42 Å². The number of hydrogen-bond acceptors (Lipinski definition) is 0. The first kappa shape index (κ1) is 9.05. The molecular weight excluding hydrogens is 144 g/mol. The van der Waals surface area contributed by atoms with Crippen LogP contribution in [0.15, 0.2) is 43.0 Å². The molecule has 0 fully saturated rings. The van der Waals surface area contributed by atoms with Gasteiger partial charge in [-0.05, 0) is 31.2 Å². The molecule has 63 valence electrons. The predicted octanol–water partition coefficient (Wildman–Crippen LogP) is 3.26. The molecule has 1 atom stereocenters. The molecule has 0 heterocycles. The van der Waals surface area contributed by atoms with Gasteiger partial charge in [0.15, 0.2) is 0 Å². The van der Waals surface area contributed by atoms with Crippen LogP contribution < -0.4 is 0 Å². The van der Waals surface area contributed by atoms with Crippen molar-refractivity contribution in [2.24, 2.45) is 5.92 Å². The van der Waals surface area contributed by atoms with Crippen LogP contribution in [0, 0.1) is 12.8 Å². The molecule has 0 nitrogen and oxygen atoms in total. The summed E-state index contributed by atoms with van der Waals surface area (Å²) in [5.41, 5.74) is 1.38. The van der Waals surface area contributed by atoms with E-state index < -0.39 is 0 Å². The van der Waals surface area contributed by atoms with E-state index >= 15 is 0 Å². The Balaban J connectivity index is 2.38. The van der Waals surface area contributed by atoms with Crippen LogP contribution in [0.1, 0.15) is 12.0 Å². The van der Waals surface area contributed by atoms with E-state index in [1.54, 1.807) is 0 Å². The lowest BCUT2D eigenvalue weighted by Crippen LogP contribution is -1.92. The summed E-state index contributed by atoms with van der Waals surface area (Å²) in [5.74, 6) is 0.380. The topological polar surface area (TPSA) is 0 Å². The van der Waals surface area contributed by atoms with Crippen LogP contribution >= 0.6 is 0 Å². The van der Waals surface area contributed by atoms with Gasteiger partial charge in [-0.25, -0.2) is 0 Å². The summed E-state index contributed by atoms with van der Waals surface area (Å²) < 4.78 is 0. The SMILES string of the molecule is [CH2][C@H](C=C)CCc1ccccc1. The fourth-order valence-corrected chi connectivity index (χ4v) is 1.11. The van der Waals surface area contributed by atoms with Crippen molar-refractivity contribution in [1.82, 2.24) is 0 Å². The van der Waals surface area contributed by atoms with E-state index in [-0.39, 0.29) is 0 Å². The molecule has 0 bridgehead atoms. The molecular formula is C12H15. The lowest BCUT2D eigenvalue weighted by atomic mass is 10.0. The maximum Gasteiger partial charge on any atom is -0.0233 e. The van der Waals surface area contributed by atoms with Gasteiger partial charge in [-0.3, -0.25) is 0 Å². The van der Waals surface area contributed by atoms with Crippen LogP contribution in [-0.4, -0.2) is 0 Å². The van der Waals surface area contributed by atoms with Gasteiger partial charge in [0.2, 0.25) is 0 Å². The molecule has 0 aliphatic carbocycles. The normalized spacial score (nSPS) is 12.4. The van der Waals surface area contributed by atoms with Crippen LogP contribution in [0.4, 0.5) is 0 Å². The first-order valence-corrected chi connectivity index (χ1v) is 4.32. The average Bonchev–Trinajstić information content (AvgIpc) is 2.16. The van der Waals surface area contributed by atoms with Crippen molar-refractivity contribution < 1.29 is 0 Å². The molecule has 0 aromatic heterocycles. The third-order valence-corrected chi connectivity index (χ3v) is 1.98. The van der Waals surface area contributed by atoms with E-state index in [0.29, 0.717) is 5.92 Å². The molecule has 12 heavy (non-hydrogen) atoms. The Morgan fingerprint density at radius 3 is 2.50 bits per heavy atom. The van der Waals surface area contributed by atoms with Crippen LogP contribution in [0.2, 0.25) is 0 Å². The van der Waals surface area contributed by atoms with Gasteiger partial charge in [-0.1, -0.05) is 36.4 Å². The van der Waals surface area contributed by atoms with Crippen molar-refractivity contribution in [3.63, 3.8) is 0 Å². The van der Waals surface area contributed by atoms with Gasteiger partial charge in [0.25, 0.3) is 0 Å². The number of hydrogen-bond donors (Lipinski definition) is 0. The Morgan fingerprint density at radius 1 is 1.25 bits per heavy atom. The molecule has 1 aromatic carbocycles. The zero-order valence-corrected chi connectivity index (χ0v) is 7.37. The summed E-state index contributed by atoms with van der Waals surface area (Å²) >= 11 is 0. The Labute approximate surface area is 74.9 Å². The monoisotopic (exact) mass is 159 g/mol. The standard InChI is InChI=1S/C12H15/c1-3-11(2)9-10-12-7-5-4-6-8-12/h3-8,11H,1-2,9-10H2/t11-/m1/s1. The zero-order chi connectivity index (χ0) is 8.81. The molecule has 0 N–H and O–H groups in total. The van der Waals surface area contributed by atoms with Gasteiger partial charge in [0, 0.05) is 0 Å². The number of rotatable bonds is 4. The van der Waals surface area contributed by atoms with Gasteiger partial charge >= 0.3 is 0 Å². The highest BCUT2D eigenvalue weighted by atomic mass is 14.0. The van der Waals surface area contributed by atoms with Crippen molar-refractivity contribution in [2.45, 2.75) is 12.8 Å². The minimum absolute atomic E-state index is 0.380. The van der Waals surface area contributed by atoms with Crippen molar-refractivity contribution >= 4 is 0 Å². The smallest absolute Gasteiger partial charge is 0.0233 e. The van der Waals surface area contributed by atoms with Gasteiger partial charge in [-0.15, -0.1) is 6.58 Å². The van der Waals surface area contributed by atoms with Crippen LogP contribution in [0.5, 0.6) is 0 Å². The van der Waals surface area contributed by atoms with Gasteiger partial charge in [-0.2, -0.15) is 0 Å². The second-order valence-corrected chi connectivity index (χ2v) is 3.02. The highest BCUT2D eigenvalue weighted by Crippen LogP contribution is 2.08. The molecule has 0 aliphatic heterocycles. The maximum absolute atomic E-state index is 3.95. The lowest BCUT2D eigenvalue weighted by molar-refractivity contribution is 0.706. The van der Waals surface area contributed by atoms with Crippen molar-refractivity contribution in [1.29, 1.82) is 0 Å². The van der Waals surface area contributed by atoms with Crippen molar-refractivity contribution in [3.05, 3.63) is 55.5 Å². The summed E-state index contributed by atoms with van der Waals surface area (Å²) in [4.78, 5) is 0. The maximum atomic E-state index is 3.95. The van der Waals surface area contributed by atoms with E-state index in [1.807, 2.05) is 12.1 Å². The molecule has 0 saturated heterocycles. The third kappa shape index (κ3) is 2.91. The van der Waals surface area contributed by atoms with Crippen LogP contribution in [0.25, 0.3) is 0 Å². The van der Waals surface area contributed by atoms with E-state index in [2.05, 4.69) is 37.8 Å². The minimum atomic E-state index is 0.380. The quantitative estimate of drug-likeness (QED) is 0.591.